The number of benzene rings is 1. The number of aryl methyl sites for hydroxylation is 1. The lowest BCUT2D eigenvalue weighted by atomic mass is 9.81. The molecule has 0 radical (unpaired) electrons. The van der Waals surface area contributed by atoms with E-state index >= 15 is 0 Å². The minimum absolute atomic E-state index is 0.0249. The number of pyridine rings is 1. The summed E-state index contributed by atoms with van der Waals surface area (Å²) >= 11 is 0. The second kappa shape index (κ2) is 8.68. The lowest BCUT2D eigenvalue weighted by Gasteiger charge is -2.42. The van der Waals surface area contributed by atoms with Gasteiger partial charge in [-0.3, -0.25) is 14.7 Å². The predicted molar refractivity (Wildman–Crippen MR) is 128 cm³/mol. The van der Waals surface area contributed by atoms with Crippen molar-refractivity contribution in [2.75, 3.05) is 19.6 Å². The zero-order valence-electron chi connectivity index (χ0n) is 20.6. The van der Waals surface area contributed by atoms with E-state index in [0.717, 1.165) is 25.1 Å². The molecule has 4 heterocycles. The van der Waals surface area contributed by atoms with Crippen LogP contribution in [0.15, 0.2) is 47.7 Å². The molecule has 0 bridgehead atoms. The third kappa shape index (κ3) is 4.04. The Morgan fingerprint density at radius 1 is 1.11 bits per heavy atom. The number of alkyl halides is 3. The van der Waals surface area contributed by atoms with Crippen LogP contribution in [0.4, 0.5) is 13.2 Å². The normalized spacial score (nSPS) is 23.3. The number of ether oxygens (including phenoxy) is 1. The van der Waals surface area contributed by atoms with Gasteiger partial charge in [0.25, 0.3) is 5.91 Å². The van der Waals surface area contributed by atoms with Gasteiger partial charge in [-0.1, -0.05) is 24.3 Å². The fourth-order valence-electron chi connectivity index (χ4n) is 6.48. The first-order valence-electron chi connectivity index (χ1n) is 12.8. The van der Waals surface area contributed by atoms with Gasteiger partial charge in [-0.2, -0.15) is 13.2 Å². The van der Waals surface area contributed by atoms with E-state index in [1.807, 2.05) is 0 Å². The van der Waals surface area contributed by atoms with Gasteiger partial charge in [0.2, 0.25) is 0 Å². The van der Waals surface area contributed by atoms with Crippen LogP contribution >= 0.6 is 0 Å². The van der Waals surface area contributed by atoms with E-state index in [4.69, 9.17) is 4.74 Å². The monoisotopic (exact) mass is 511 g/mol. The maximum atomic E-state index is 13.8. The number of rotatable bonds is 2. The van der Waals surface area contributed by atoms with Gasteiger partial charge in [-0.25, -0.2) is 4.79 Å². The van der Waals surface area contributed by atoms with Gasteiger partial charge in [0.15, 0.2) is 0 Å². The van der Waals surface area contributed by atoms with Crippen LogP contribution in [0.2, 0.25) is 0 Å². The molecule has 1 aliphatic carbocycles. The Hall–Kier alpha value is -3.20. The van der Waals surface area contributed by atoms with Crippen LogP contribution in [-0.2, 0) is 39.9 Å². The maximum absolute atomic E-state index is 13.8. The number of carbonyl (C=O) groups excluding carboxylic acids is 2. The molecule has 194 valence electrons. The standard InChI is InChI=1S/C28H28F3N3O3/c1-17-24(25(35)34-11-8-22-19(16-34)14-20(15-32-22)28(29,30)31)27(37-26(17)36)9-12-33(13-10-27)23-7-6-18-4-2-3-5-21(18)23/h2-5,14-15,23H,6-13,16H2,1H3. The molecule has 6 rings (SSSR count). The highest BCUT2D eigenvalue weighted by Gasteiger charge is 2.52. The van der Waals surface area contributed by atoms with Crippen LogP contribution in [0.1, 0.15) is 60.2 Å². The topological polar surface area (TPSA) is 62.7 Å². The number of piperidine rings is 1. The molecule has 1 spiro atoms. The molecule has 0 saturated carbocycles. The van der Waals surface area contributed by atoms with Crippen molar-refractivity contribution in [1.29, 1.82) is 0 Å². The first kappa shape index (κ1) is 24.2. The Labute approximate surface area is 213 Å². The Balaban J connectivity index is 1.22. The van der Waals surface area contributed by atoms with E-state index in [0.29, 0.717) is 67.3 Å². The average molecular weight is 512 g/mol. The number of carbonyl (C=O) groups is 2. The molecular formula is C28H28F3N3O3. The zero-order valence-corrected chi connectivity index (χ0v) is 20.6. The second-order valence-corrected chi connectivity index (χ2v) is 10.5. The van der Waals surface area contributed by atoms with Crippen LogP contribution < -0.4 is 0 Å². The minimum atomic E-state index is -4.50. The number of hydrogen-bond acceptors (Lipinski definition) is 5. The summed E-state index contributed by atoms with van der Waals surface area (Å²) in [5, 5.41) is 0. The summed E-state index contributed by atoms with van der Waals surface area (Å²) in [5.41, 5.74) is 2.55. The summed E-state index contributed by atoms with van der Waals surface area (Å²) in [6.45, 7) is 3.36. The molecule has 1 unspecified atom stereocenters. The fourth-order valence-corrected chi connectivity index (χ4v) is 6.48. The summed E-state index contributed by atoms with van der Waals surface area (Å²) in [7, 11) is 0. The van der Waals surface area contributed by atoms with Crippen LogP contribution in [0, 0.1) is 0 Å². The second-order valence-electron chi connectivity index (χ2n) is 10.5. The Kier molecular flexibility index (Phi) is 5.67. The number of nitrogens with zero attached hydrogens (tertiary/aromatic N) is 3. The average Bonchev–Trinajstić information content (AvgIpc) is 3.41. The van der Waals surface area contributed by atoms with E-state index in [1.165, 1.54) is 16.0 Å². The molecule has 2 aromatic rings. The first-order valence-corrected chi connectivity index (χ1v) is 12.8. The Bertz CT molecular complexity index is 1310. The number of halogens is 3. The van der Waals surface area contributed by atoms with Gasteiger partial charge in [-0.05, 0) is 42.5 Å². The van der Waals surface area contributed by atoms with E-state index in [9.17, 15) is 22.8 Å². The summed E-state index contributed by atoms with van der Waals surface area (Å²) in [5.74, 6) is -0.812. The van der Waals surface area contributed by atoms with E-state index in [-0.39, 0.29) is 12.5 Å². The zero-order chi connectivity index (χ0) is 25.9. The van der Waals surface area contributed by atoms with Crippen molar-refractivity contribution >= 4 is 11.9 Å². The highest BCUT2D eigenvalue weighted by atomic mass is 19.4. The van der Waals surface area contributed by atoms with Gasteiger partial charge in [-0.15, -0.1) is 0 Å². The van der Waals surface area contributed by atoms with Crippen molar-refractivity contribution in [2.45, 2.75) is 63.4 Å². The van der Waals surface area contributed by atoms with Crippen LogP contribution in [0.5, 0.6) is 0 Å². The van der Waals surface area contributed by atoms with Crippen molar-refractivity contribution in [3.8, 4) is 0 Å². The van der Waals surface area contributed by atoms with E-state index in [2.05, 4.69) is 34.1 Å². The van der Waals surface area contributed by atoms with Crippen LogP contribution in [-0.4, -0.2) is 51.9 Å². The predicted octanol–water partition coefficient (Wildman–Crippen LogP) is 4.38. The SMILES string of the molecule is CC1=C(C(=O)N2CCc3ncc(C(F)(F)F)cc3C2)C2(CCN(C3CCc4ccccc43)CC2)OC1=O. The number of likely N-dealkylation sites (tertiary alicyclic amines) is 1. The summed E-state index contributed by atoms with van der Waals surface area (Å²) in [6, 6.07) is 9.88. The largest absolute Gasteiger partial charge is 0.450 e. The van der Waals surface area contributed by atoms with Gasteiger partial charge >= 0.3 is 12.1 Å². The Morgan fingerprint density at radius 3 is 2.62 bits per heavy atom. The van der Waals surface area contributed by atoms with Crippen molar-refractivity contribution in [3.63, 3.8) is 0 Å². The number of amides is 1. The smallest absolute Gasteiger partial charge is 0.417 e. The molecule has 9 heteroatoms. The molecule has 1 saturated heterocycles. The number of esters is 1. The molecule has 0 N–H and O–H groups in total. The van der Waals surface area contributed by atoms with Crippen molar-refractivity contribution in [2.24, 2.45) is 0 Å². The van der Waals surface area contributed by atoms with E-state index in [1.54, 1.807) is 6.92 Å². The van der Waals surface area contributed by atoms with Gasteiger partial charge in [0.1, 0.15) is 5.60 Å². The summed E-state index contributed by atoms with van der Waals surface area (Å²) in [6.07, 6.45) is -0.174. The first-order chi connectivity index (χ1) is 17.7. The number of fused-ring (bicyclic) bond motifs is 2. The van der Waals surface area contributed by atoms with Gasteiger partial charge in [0, 0.05) is 68.9 Å². The van der Waals surface area contributed by atoms with Crippen LogP contribution in [0.25, 0.3) is 0 Å². The molecule has 1 aromatic heterocycles. The molecule has 1 fully saturated rings. The lowest BCUT2D eigenvalue weighted by Crippen LogP contribution is -2.50. The van der Waals surface area contributed by atoms with Gasteiger partial charge in [0.05, 0.1) is 11.1 Å². The molecule has 3 aliphatic heterocycles. The van der Waals surface area contributed by atoms with Crippen molar-refractivity contribution in [1.82, 2.24) is 14.8 Å². The lowest BCUT2D eigenvalue weighted by molar-refractivity contribution is -0.152. The van der Waals surface area contributed by atoms with E-state index < -0.39 is 23.3 Å². The Morgan fingerprint density at radius 2 is 1.86 bits per heavy atom. The third-order valence-electron chi connectivity index (χ3n) is 8.44. The van der Waals surface area contributed by atoms with Crippen molar-refractivity contribution < 1.29 is 27.5 Å². The third-order valence-corrected chi connectivity index (χ3v) is 8.44. The minimum Gasteiger partial charge on any atom is -0.450 e. The summed E-state index contributed by atoms with van der Waals surface area (Å²) < 4.78 is 45.6. The van der Waals surface area contributed by atoms with Crippen LogP contribution in [0.3, 0.4) is 0 Å². The molecular weight excluding hydrogens is 483 g/mol. The molecule has 6 nitrogen and oxygen atoms in total. The quantitative estimate of drug-likeness (QED) is 0.560. The highest BCUT2D eigenvalue weighted by molar-refractivity contribution is 6.07. The maximum Gasteiger partial charge on any atom is 0.417 e. The molecule has 1 aromatic carbocycles. The van der Waals surface area contributed by atoms with Gasteiger partial charge < -0.3 is 9.64 Å². The fraction of sp³-hybridized carbons (Fsp3) is 0.464. The number of hydrogen-bond donors (Lipinski definition) is 0. The van der Waals surface area contributed by atoms with Crippen molar-refractivity contribution in [3.05, 3.63) is 75.6 Å². The summed E-state index contributed by atoms with van der Waals surface area (Å²) in [4.78, 5) is 34.5. The molecule has 1 atom stereocenters. The molecule has 1 amide bonds. The number of aromatic nitrogens is 1. The highest BCUT2D eigenvalue weighted by Crippen LogP contribution is 2.45. The molecule has 37 heavy (non-hydrogen) atoms. The molecule has 4 aliphatic rings.